The first-order chi connectivity index (χ1) is 18.6. The smallest absolute Gasteiger partial charge is 0.369 e. The van der Waals surface area contributed by atoms with Crippen LogP contribution in [0.25, 0.3) is 5.70 Å². The van der Waals surface area contributed by atoms with Gasteiger partial charge >= 0.3 is 6.18 Å². The van der Waals surface area contributed by atoms with E-state index in [1.807, 2.05) is 25.1 Å². The topological polar surface area (TPSA) is 87.8 Å². The van der Waals surface area contributed by atoms with Crippen LogP contribution in [0.3, 0.4) is 0 Å². The average molecular weight is 559 g/mol. The van der Waals surface area contributed by atoms with Gasteiger partial charge < -0.3 is 25.9 Å². The van der Waals surface area contributed by atoms with Crippen molar-refractivity contribution in [2.45, 2.75) is 13.1 Å². The number of rotatable bonds is 6. The molecule has 5 rings (SSSR count). The minimum atomic E-state index is -4.54. The van der Waals surface area contributed by atoms with Crippen molar-refractivity contribution in [1.29, 1.82) is 0 Å². The predicted octanol–water partition coefficient (Wildman–Crippen LogP) is 4.34. The van der Waals surface area contributed by atoms with E-state index in [9.17, 15) is 18.0 Å². The number of thiazole rings is 1. The number of aryl methyl sites for hydroxylation is 1. The molecule has 0 bridgehead atoms. The first-order valence-corrected chi connectivity index (χ1v) is 13.2. The Hall–Kier alpha value is -3.81. The van der Waals surface area contributed by atoms with E-state index in [1.165, 1.54) is 11.3 Å². The molecule has 3 heterocycles. The van der Waals surface area contributed by atoms with Crippen molar-refractivity contribution >= 4 is 45.1 Å². The van der Waals surface area contributed by atoms with E-state index in [0.717, 1.165) is 46.5 Å². The van der Waals surface area contributed by atoms with Gasteiger partial charge in [-0.3, -0.25) is 9.80 Å². The Morgan fingerprint density at radius 2 is 1.87 bits per heavy atom. The van der Waals surface area contributed by atoms with Crippen LogP contribution in [-0.2, 0) is 6.18 Å². The van der Waals surface area contributed by atoms with Gasteiger partial charge in [0.2, 0.25) is 0 Å². The minimum Gasteiger partial charge on any atom is -0.369 e. The molecule has 39 heavy (non-hydrogen) atoms. The number of likely N-dealkylation sites (N-methyl/N-ethyl adjacent to an activating group) is 1. The number of anilines is 4. The monoisotopic (exact) mass is 558 g/mol. The third-order valence-corrected chi connectivity index (χ3v) is 7.70. The summed E-state index contributed by atoms with van der Waals surface area (Å²) in [6.07, 6.45) is -0.932. The number of piperazine rings is 1. The number of nitrogens with one attached hydrogen (secondary N) is 4. The van der Waals surface area contributed by atoms with Crippen LogP contribution < -0.4 is 31.5 Å². The van der Waals surface area contributed by atoms with E-state index in [4.69, 9.17) is 0 Å². The summed E-state index contributed by atoms with van der Waals surface area (Å²) in [6.45, 7) is 4.62. The molecule has 3 aromatic rings. The highest BCUT2D eigenvalue weighted by Crippen LogP contribution is 2.35. The fraction of sp³-hybridized carbons (Fsp3) is 0.308. The summed E-state index contributed by atoms with van der Waals surface area (Å²) < 4.78 is 41.1. The van der Waals surface area contributed by atoms with Crippen LogP contribution in [0.4, 0.5) is 35.4 Å². The fourth-order valence-electron chi connectivity index (χ4n) is 4.39. The first kappa shape index (κ1) is 26.8. The van der Waals surface area contributed by atoms with Crippen LogP contribution >= 0.6 is 11.3 Å². The molecule has 206 valence electrons. The van der Waals surface area contributed by atoms with Crippen LogP contribution in [0, 0.1) is 6.92 Å². The Labute approximate surface area is 228 Å². The molecule has 0 radical (unpaired) electrons. The number of nitrogens with zero attached hydrogens (tertiary/aromatic N) is 4. The normalized spacial score (nSPS) is 16.2. The summed E-state index contributed by atoms with van der Waals surface area (Å²) in [6, 6.07) is 8.86. The maximum Gasteiger partial charge on any atom is 0.416 e. The zero-order valence-electron chi connectivity index (χ0n) is 21.7. The lowest BCUT2D eigenvalue weighted by Gasteiger charge is -2.34. The van der Waals surface area contributed by atoms with E-state index in [2.05, 4.69) is 31.5 Å². The second kappa shape index (κ2) is 10.8. The van der Waals surface area contributed by atoms with Crippen molar-refractivity contribution in [1.82, 2.24) is 20.8 Å². The molecule has 0 unspecified atom stereocenters. The number of carbonyl (C=O) groups excluding carboxylic acids is 1. The average Bonchev–Trinajstić information content (AvgIpc) is 3.58. The summed E-state index contributed by atoms with van der Waals surface area (Å²) in [5.74, 6) is -0.502. The lowest BCUT2D eigenvalue weighted by molar-refractivity contribution is -0.137. The minimum absolute atomic E-state index is 0.0968. The first-order valence-electron chi connectivity index (χ1n) is 12.3. The fourth-order valence-corrected chi connectivity index (χ4v) is 5.13. The maximum atomic E-state index is 13.7. The summed E-state index contributed by atoms with van der Waals surface area (Å²) >= 11 is 1.49. The molecule has 2 aliphatic rings. The van der Waals surface area contributed by atoms with Crippen molar-refractivity contribution in [3.8, 4) is 0 Å². The molecule has 0 aliphatic carbocycles. The Bertz CT molecular complexity index is 1400. The molecule has 0 saturated carbocycles. The van der Waals surface area contributed by atoms with Crippen molar-refractivity contribution in [3.63, 3.8) is 0 Å². The molecule has 1 aromatic heterocycles. The van der Waals surface area contributed by atoms with Gasteiger partial charge in [-0.15, -0.1) is 5.53 Å². The molecule has 0 atom stereocenters. The van der Waals surface area contributed by atoms with Gasteiger partial charge in [-0.25, -0.2) is 4.98 Å². The summed E-state index contributed by atoms with van der Waals surface area (Å²) in [5.41, 5.74) is 8.63. The lowest BCUT2D eigenvalue weighted by Crippen LogP contribution is -2.44. The lowest BCUT2D eigenvalue weighted by atomic mass is 10.1. The van der Waals surface area contributed by atoms with Gasteiger partial charge in [-0.2, -0.15) is 13.2 Å². The Balaban J connectivity index is 1.38. The number of hydrogen-bond donors (Lipinski definition) is 4. The number of benzene rings is 2. The van der Waals surface area contributed by atoms with Crippen molar-refractivity contribution in [2.24, 2.45) is 0 Å². The molecule has 2 aromatic carbocycles. The molecule has 1 amide bonds. The molecule has 4 N–H and O–H groups in total. The summed E-state index contributed by atoms with van der Waals surface area (Å²) in [4.78, 5) is 22.4. The van der Waals surface area contributed by atoms with Gasteiger partial charge in [-0.1, -0.05) is 17.4 Å². The molecule has 1 fully saturated rings. The second-order valence-electron chi connectivity index (χ2n) is 9.44. The third-order valence-electron chi connectivity index (χ3n) is 6.66. The van der Waals surface area contributed by atoms with Crippen LogP contribution in [0.1, 0.15) is 26.4 Å². The Morgan fingerprint density at radius 1 is 1.10 bits per heavy atom. The van der Waals surface area contributed by atoms with E-state index < -0.39 is 17.6 Å². The van der Waals surface area contributed by atoms with Gasteiger partial charge in [0.25, 0.3) is 5.91 Å². The number of hydrazine groups is 2. The van der Waals surface area contributed by atoms with E-state index in [1.54, 1.807) is 42.5 Å². The maximum absolute atomic E-state index is 13.7. The quantitative estimate of drug-likeness (QED) is 0.356. The third kappa shape index (κ3) is 5.95. The molecular formula is C26H29F3N8OS. The van der Waals surface area contributed by atoms with Crippen LogP contribution in [-0.4, -0.2) is 56.1 Å². The van der Waals surface area contributed by atoms with Gasteiger partial charge in [0, 0.05) is 62.6 Å². The van der Waals surface area contributed by atoms with Gasteiger partial charge in [-0.05, 0) is 49.9 Å². The van der Waals surface area contributed by atoms with Crippen molar-refractivity contribution in [2.75, 3.05) is 60.8 Å². The van der Waals surface area contributed by atoms with E-state index in [-0.39, 0.29) is 5.69 Å². The zero-order valence-corrected chi connectivity index (χ0v) is 22.5. The van der Waals surface area contributed by atoms with Crippen LogP contribution in [0.5, 0.6) is 0 Å². The zero-order chi connectivity index (χ0) is 27.7. The highest BCUT2D eigenvalue weighted by molar-refractivity contribution is 7.16. The number of aromatic nitrogens is 1. The number of hydrogen-bond acceptors (Lipinski definition) is 9. The molecular weight excluding hydrogens is 529 g/mol. The van der Waals surface area contributed by atoms with E-state index in [0.29, 0.717) is 30.0 Å². The van der Waals surface area contributed by atoms with E-state index >= 15 is 0 Å². The van der Waals surface area contributed by atoms with Gasteiger partial charge in [0.05, 0.1) is 21.8 Å². The highest BCUT2D eigenvalue weighted by atomic mass is 32.1. The molecule has 0 spiro atoms. The van der Waals surface area contributed by atoms with Gasteiger partial charge in [0.15, 0.2) is 5.13 Å². The predicted molar refractivity (Wildman–Crippen MR) is 149 cm³/mol. The standard InChI is InChI=1S/C26H29F3N8OS/c1-16-4-5-17(10-22(16)37-15-21(33-34-37)23-14-31-25(30-2)39-23)24(38)32-19-11-18(26(27,28)29)12-20(13-19)36-8-6-35(3)7-9-36/h4-5,10-15,33-34H,6-9H2,1-3H3,(H,30,31)(H,32,38). The highest BCUT2D eigenvalue weighted by Gasteiger charge is 2.32. The molecule has 2 aliphatic heterocycles. The summed E-state index contributed by atoms with van der Waals surface area (Å²) in [7, 11) is 3.78. The molecule has 13 heteroatoms. The number of carbonyl (C=O) groups is 1. The van der Waals surface area contributed by atoms with Crippen molar-refractivity contribution in [3.05, 3.63) is 70.4 Å². The SMILES string of the molecule is CNc1ncc(C2=CN(c3cc(C(=O)Nc4cc(N5CCN(C)CC5)cc(C(F)(F)F)c4)ccc3C)NN2)s1. The second-order valence-corrected chi connectivity index (χ2v) is 10.5. The Kier molecular flexibility index (Phi) is 7.38. The van der Waals surface area contributed by atoms with Crippen LogP contribution in [0.2, 0.25) is 0 Å². The van der Waals surface area contributed by atoms with Gasteiger partial charge in [0.1, 0.15) is 0 Å². The number of alkyl halides is 3. The molecule has 9 nitrogen and oxygen atoms in total. The summed E-state index contributed by atoms with van der Waals surface area (Å²) in [5, 5.41) is 8.22. The number of halogens is 3. The largest absolute Gasteiger partial charge is 0.416 e. The van der Waals surface area contributed by atoms with Crippen molar-refractivity contribution < 1.29 is 18.0 Å². The molecule has 1 saturated heterocycles. The Morgan fingerprint density at radius 3 is 2.56 bits per heavy atom. The van der Waals surface area contributed by atoms with Crippen LogP contribution in [0.15, 0.2) is 48.8 Å². The number of amides is 1.